The molecule has 0 radical (unpaired) electrons. The number of rotatable bonds is 11. The van der Waals surface area contributed by atoms with Crippen molar-refractivity contribution >= 4 is 0 Å². The van der Waals surface area contributed by atoms with Gasteiger partial charge >= 0.3 is 0 Å². The Kier molecular flexibility index (Phi) is 9.16. The van der Waals surface area contributed by atoms with Crippen molar-refractivity contribution in [2.75, 3.05) is 6.54 Å². The number of ether oxygens (including phenoxy) is 1. The van der Waals surface area contributed by atoms with E-state index in [1.54, 1.807) is 0 Å². The van der Waals surface area contributed by atoms with Gasteiger partial charge in [0.15, 0.2) is 0 Å². The molecule has 0 bridgehead atoms. The van der Waals surface area contributed by atoms with Gasteiger partial charge in [0.25, 0.3) is 0 Å². The maximum absolute atomic E-state index is 5.81. The van der Waals surface area contributed by atoms with Gasteiger partial charge in [0, 0.05) is 6.04 Å². The van der Waals surface area contributed by atoms with E-state index < -0.39 is 0 Å². The van der Waals surface area contributed by atoms with Crippen LogP contribution in [0.15, 0.2) is 24.3 Å². The zero-order chi connectivity index (χ0) is 15.5. The molecule has 1 aromatic rings. The Morgan fingerprint density at radius 1 is 1.05 bits per heavy atom. The van der Waals surface area contributed by atoms with E-state index in [1.807, 2.05) is 6.07 Å². The number of unbranched alkanes of at least 4 members (excludes halogenated alkanes) is 4. The number of hydrogen-bond donors (Lipinski definition) is 1. The molecule has 2 nitrogen and oxygen atoms in total. The van der Waals surface area contributed by atoms with Crippen molar-refractivity contribution in [1.29, 1.82) is 0 Å². The first kappa shape index (κ1) is 18.0. The summed E-state index contributed by atoms with van der Waals surface area (Å²) >= 11 is 0. The molecule has 0 aliphatic rings. The molecule has 0 aromatic heterocycles. The van der Waals surface area contributed by atoms with Crippen LogP contribution in [0.4, 0.5) is 0 Å². The summed E-state index contributed by atoms with van der Waals surface area (Å²) in [6.07, 6.45) is 8.13. The number of hydrogen-bond acceptors (Lipinski definition) is 2. The normalized spacial score (nSPS) is 12.6. The smallest absolute Gasteiger partial charge is 0.120 e. The molecule has 1 unspecified atom stereocenters. The number of nitrogens with one attached hydrogen (secondary N) is 1. The van der Waals surface area contributed by atoms with Gasteiger partial charge < -0.3 is 10.1 Å². The van der Waals surface area contributed by atoms with Crippen LogP contribution >= 0.6 is 0 Å². The van der Waals surface area contributed by atoms with Crippen LogP contribution in [0.1, 0.15) is 77.8 Å². The van der Waals surface area contributed by atoms with Crippen molar-refractivity contribution in [1.82, 2.24) is 5.32 Å². The highest BCUT2D eigenvalue weighted by Gasteiger charge is 2.11. The van der Waals surface area contributed by atoms with Crippen LogP contribution in [-0.2, 0) is 0 Å². The second-order valence-electron chi connectivity index (χ2n) is 6.05. The summed E-state index contributed by atoms with van der Waals surface area (Å²) < 4.78 is 5.81. The molecule has 1 atom stereocenters. The number of benzene rings is 1. The van der Waals surface area contributed by atoms with E-state index in [-0.39, 0.29) is 6.10 Å². The quantitative estimate of drug-likeness (QED) is 0.545. The molecule has 0 aliphatic carbocycles. The second-order valence-corrected chi connectivity index (χ2v) is 6.05. The van der Waals surface area contributed by atoms with E-state index in [9.17, 15) is 0 Å². The summed E-state index contributed by atoms with van der Waals surface area (Å²) in [4.78, 5) is 0. The van der Waals surface area contributed by atoms with Crippen LogP contribution in [0.2, 0.25) is 0 Å². The third-order valence-corrected chi connectivity index (χ3v) is 3.68. The standard InChI is InChI=1S/C19H33NO/c1-5-7-8-9-10-14-19(20-6-2)17-12-11-13-18(15-17)21-16(3)4/h11-13,15-16,19-20H,5-10,14H2,1-4H3. The average molecular weight is 291 g/mol. The molecule has 2 heteroatoms. The van der Waals surface area contributed by atoms with Gasteiger partial charge in [-0.25, -0.2) is 0 Å². The van der Waals surface area contributed by atoms with Gasteiger partial charge in [-0.2, -0.15) is 0 Å². The molecule has 0 aliphatic heterocycles. The molecular formula is C19H33NO. The molecule has 1 N–H and O–H groups in total. The summed E-state index contributed by atoms with van der Waals surface area (Å²) in [7, 11) is 0. The van der Waals surface area contributed by atoms with Gasteiger partial charge in [-0.3, -0.25) is 0 Å². The monoisotopic (exact) mass is 291 g/mol. The Hall–Kier alpha value is -1.02. The third kappa shape index (κ3) is 7.52. The van der Waals surface area contributed by atoms with Gasteiger partial charge in [-0.05, 0) is 44.5 Å². The second kappa shape index (κ2) is 10.7. The Labute approximate surface area is 131 Å². The molecule has 0 fully saturated rings. The lowest BCUT2D eigenvalue weighted by Crippen LogP contribution is -2.21. The summed E-state index contributed by atoms with van der Waals surface area (Å²) in [5, 5.41) is 3.61. The van der Waals surface area contributed by atoms with Gasteiger partial charge in [-0.1, -0.05) is 58.1 Å². The highest BCUT2D eigenvalue weighted by Crippen LogP contribution is 2.24. The predicted octanol–water partition coefficient (Wildman–Crippen LogP) is 5.48. The fraction of sp³-hybridized carbons (Fsp3) is 0.684. The third-order valence-electron chi connectivity index (χ3n) is 3.68. The molecule has 0 amide bonds. The minimum Gasteiger partial charge on any atom is -0.491 e. The molecule has 0 saturated heterocycles. The lowest BCUT2D eigenvalue weighted by atomic mass is 9.99. The highest BCUT2D eigenvalue weighted by atomic mass is 16.5. The van der Waals surface area contributed by atoms with Crippen LogP contribution in [0.5, 0.6) is 5.75 Å². The van der Waals surface area contributed by atoms with E-state index in [0.29, 0.717) is 6.04 Å². The lowest BCUT2D eigenvalue weighted by Gasteiger charge is -2.20. The first-order valence-corrected chi connectivity index (χ1v) is 8.67. The van der Waals surface area contributed by atoms with Crippen molar-refractivity contribution in [2.24, 2.45) is 0 Å². The zero-order valence-corrected chi connectivity index (χ0v) is 14.3. The topological polar surface area (TPSA) is 21.3 Å². The van der Waals surface area contributed by atoms with Crippen LogP contribution in [0.25, 0.3) is 0 Å². The highest BCUT2D eigenvalue weighted by molar-refractivity contribution is 5.30. The van der Waals surface area contributed by atoms with Crippen LogP contribution < -0.4 is 10.1 Å². The average Bonchev–Trinajstić information content (AvgIpc) is 2.45. The molecule has 0 spiro atoms. The zero-order valence-electron chi connectivity index (χ0n) is 14.3. The van der Waals surface area contributed by atoms with E-state index in [4.69, 9.17) is 4.74 Å². The maximum atomic E-state index is 5.81. The summed E-state index contributed by atoms with van der Waals surface area (Å²) in [5.41, 5.74) is 1.35. The van der Waals surface area contributed by atoms with E-state index in [2.05, 4.69) is 51.2 Å². The van der Waals surface area contributed by atoms with E-state index >= 15 is 0 Å². The lowest BCUT2D eigenvalue weighted by molar-refractivity contribution is 0.242. The molecule has 120 valence electrons. The van der Waals surface area contributed by atoms with E-state index in [1.165, 1.54) is 44.1 Å². The molecule has 1 rings (SSSR count). The first-order chi connectivity index (χ1) is 10.2. The molecule has 0 saturated carbocycles. The Morgan fingerprint density at radius 3 is 2.48 bits per heavy atom. The predicted molar refractivity (Wildman–Crippen MR) is 92.0 cm³/mol. The molecule has 0 heterocycles. The Bertz CT molecular complexity index is 376. The summed E-state index contributed by atoms with van der Waals surface area (Å²) in [5.74, 6) is 0.983. The van der Waals surface area contributed by atoms with Gasteiger partial charge in [0.1, 0.15) is 5.75 Å². The van der Waals surface area contributed by atoms with Crippen molar-refractivity contribution in [3.8, 4) is 5.75 Å². The largest absolute Gasteiger partial charge is 0.491 e. The molecule has 21 heavy (non-hydrogen) atoms. The van der Waals surface area contributed by atoms with Crippen molar-refractivity contribution < 1.29 is 4.74 Å². The van der Waals surface area contributed by atoms with Crippen molar-refractivity contribution in [3.05, 3.63) is 29.8 Å². The fourth-order valence-corrected chi connectivity index (χ4v) is 2.66. The van der Waals surface area contributed by atoms with Gasteiger partial charge in [0.05, 0.1) is 6.10 Å². The first-order valence-electron chi connectivity index (χ1n) is 8.67. The van der Waals surface area contributed by atoms with Crippen LogP contribution in [-0.4, -0.2) is 12.6 Å². The Morgan fingerprint density at radius 2 is 1.81 bits per heavy atom. The summed E-state index contributed by atoms with van der Waals surface area (Å²) in [6, 6.07) is 9.01. The van der Waals surface area contributed by atoms with Gasteiger partial charge in [0.2, 0.25) is 0 Å². The van der Waals surface area contributed by atoms with Crippen molar-refractivity contribution in [3.63, 3.8) is 0 Å². The SMILES string of the molecule is CCCCCCCC(NCC)c1cccc(OC(C)C)c1. The van der Waals surface area contributed by atoms with Crippen molar-refractivity contribution in [2.45, 2.75) is 78.4 Å². The fourth-order valence-electron chi connectivity index (χ4n) is 2.66. The van der Waals surface area contributed by atoms with E-state index in [0.717, 1.165) is 12.3 Å². The maximum Gasteiger partial charge on any atom is 0.120 e. The van der Waals surface area contributed by atoms with Crippen LogP contribution in [0.3, 0.4) is 0 Å². The minimum absolute atomic E-state index is 0.229. The van der Waals surface area contributed by atoms with Crippen LogP contribution in [0, 0.1) is 0 Å². The molecule has 1 aromatic carbocycles. The molecular weight excluding hydrogens is 258 g/mol. The minimum atomic E-state index is 0.229. The van der Waals surface area contributed by atoms with Gasteiger partial charge in [-0.15, -0.1) is 0 Å². The summed E-state index contributed by atoms with van der Waals surface area (Å²) in [6.45, 7) is 9.60. The Balaban J connectivity index is 2.57.